The highest BCUT2D eigenvalue weighted by atomic mass is 16.5. The van der Waals surface area contributed by atoms with E-state index in [9.17, 15) is 5.11 Å². The first-order chi connectivity index (χ1) is 5.75. The zero-order valence-corrected chi connectivity index (χ0v) is 8.12. The highest BCUT2D eigenvalue weighted by molar-refractivity contribution is 4.75. The van der Waals surface area contributed by atoms with Crippen molar-refractivity contribution >= 4 is 0 Å². The van der Waals surface area contributed by atoms with Crippen molar-refractivity contribution < 1.29 is 9.84 Å². The van der Waals surface area contributed by atoms with Crippen molar-refractivity contribution in [2.75, 3.05) is 13.2 Å². The first kappa shape index (κ1) is 10.0. The third-order valence-corrected chi connectivity index (χ3v) is 2.89. The van der Waals surface area contributed by atoms with E-state index in [4.69, 9.17) is 4.74 Å². The molecule has 0 aromatic carbocycles. The van der Waals surface area contributed by atoms with Crippen LogP contribution in [0, 0.1) is 11.8 Å². The Hall–Kier alpha value is -0.0800. The van der Waals surface area contributed by atoms with Crippen LogP contribution in [-0.2, 0) is 4.74 Å². The maximum Gasteiger partial charge on any atom is 0.0543 e. The monoisotopic (exact) mass is 172 g/mol. The molecule has 3 atom stereocenters. The van der Waals surface area contributed by atoms with Gasteiger partial charge in [-0.25, -0.2) is 0 Å². The second kappa shape index (κ2) is 4.83. The number of ether oxygens (including phenoxy) is 1. The summed E-state index contributed by atoms with van der Waals surface area (Å²) < 4.78 is 5.40. The van der Waals surface area contributed by atoms with Gasteiger partial charge < -0.3 is 9.84 Å². The quantitative estimate of drug-likeness (QED) is 0.703. The van der Waals surface area contributed by atoms with Crippen LogP contribution in [0.25, 0.3) is 0 Å². The predicted molar refractivity (Wildman–Crippen MR) is 49.0 cm³/mol. The van der Waals surface area contributed by atoms with Gasteiger partial charge in [0, 0.05) is 13.2 Å². The third kappa shape index (κ3) is 2.46. The summed E-state index contributed by atoms with van der Waals surface area (Å²) in [7, 11) is 0. The fraction of sp³-hybridized carbons (Fsp3) is 1.00. The van der Waals surface area contributed by atoms with Gasteiger partial charge >= 0.3 is 0 Å². The van der Waals surface area contributed by atoms with Crippen LogP contribution in [0.1, 0.15) is 33.1 Å². The summed E-state index contributed by atoms with van der Waals surface area (Å²) in [4.78, 5) is 0. The number of aliphatic hydroxyl groups excluding tert-OH is 1. The van der Waals surface area contributed by atoms with E-state index in [1.54, 1.807) is 0 Å². The molecule has 1 heterocycles. The molecule has 0 saturated carbocycles. The fourth-order valence-corrected chi connectivity index (χ4v) is 2.17. The Balaban J connectivity index is 2.40. The van der Waals surface area contributed by atoms with E-state index in [0.29, 0.717) is 11.8 Å². The van der Waals surface area contributed by atoms with E-state index in [0.717, 1.165) is 26.1 Å². The van der Waals surface area contributed by atoms with Gasteiger partial charge in [0.05, 0.1) is 6.10 Å². The average molecular weight is 172 g/mol. The number of hydrogen-bond donors (Lipinski definition) is 1. The van der Waals surface area contributed by atoms with Crippen LogP contribution >= 0.6 is 0 Å². The van der Waals surface area contributed by atoms with Gasteiger partial charge in [-0.1, -0.05) is 13.3 Å². The lowest BCUT2D eigenvalue weighted by Crippen LogP contribution is -2.31. The summed E-state index contributed by atoms with van der Waals surface area (Å²) >= 11 is 0. The summed E-state index contributed by atoms with van der Waals surface area (Å²) in [5, 5.41) is 9.51. The van der Waals surface area contributed by atoms with Gasteiger partial charge in [0.1, 0.15) is 0 Å². The molecular weight excluding hydrogens is 152 g/mol. The van der Waals surface area contributed by atoms with E-state index in [1.165, 1.54) is 6.42 Å². The maximum atomic E-state index is 9.51. The van der Waals surface area contributed by atoms with Gasteiger partial charge in [0.2, 0.25) is 0 Å². The molecule has 2 nitrogen and oxygen atoms in total. The average Bonchev–Trinajstić information content (AvgIpc) is 2.07. The van der Waals surface area contributed by atoms with E-state index >= 15 is 0 Å². The lowest BCUT2D eigenvalue weighted by Gasteiger charge is -2.31. The van der Waals surface area contributed by atoms with Crippen LogP contribution < -0.4 is 0 Å². The topological polar surface area (TPSA) is 29.5 Å². The molecule has 0 spiro atoms. The van der Waals surface area contributed by atoms with Crippen LogP contribution in [0.5, 0.6) is 0 Å². The van der Waals surface area contributed by atoms with Crippen LogP contribution in [0.15, 0.2) is 0 Å². The molecule has 2 heteroatoms. The molecule has 1 N–H and O–H groups in total. The van der Waals surface area contributed by atoms with Crippen molar-refractivity contribution in [1.82, 2.24) is 0 Å². The molecule has 0 aromatic rings. The molecule has 1 rings (SSSR count). The summed E-state index contributed by atoms with van der Waals surface area (Å²) in [6, 6.07) is 0. The lowest BCUT2D eigenvalue weighted by atomic mass is 9.83. The normalized spacial score (nSPS) is 29.8. The zero-order chi connectivity index (χ0) is 8.97. The van der Waals surface area contributed by atoms with Crippen molar-refractivity contribution in [2.24, 2.45) is 11.8 Å². The molecule has 1 aliphatic rings. The SMILES string of the molecule is CCC(C(C)O)C1CCCOC1. The standard InChI is InChI=1S/C10H20O2/c1-3-10(8(2)11)9-5-4-6-12-7-9/h8-11H,3-7H2,1-2H3. The molecule has 0 bridgehead atoms. The first-order valence-corrected chi connectivity index (χ1v) is 5.01. The van der Waals surface area contributed by atoms with E-state index in [1.807, 2.05) is 6.92 Å². The number of aliphatic hydroxyl groups is 1. The second-order valence-electron chi connectivity index (χ2n) is 3.79. The molecule has 0 radical (unpaired) electrons. The molecule has 0 amide bonds. The van der Waals surface area contributed by atoms with Crippen LogP contribution in [-0.4, -0.2) is 24.4 Å². The van der Waals surface area contributed by atoms with Crippen LogP contribution in [0.3, 0.4) is 0 Å². The highest BCUT2D eigenvalue weighted by Gasteiger charge is 2.25. The van der Waals surface area contributed by atoms with E-state index in [2.05, 4.69) is 6.92 Å². The molecule has 1 fully saturated rings. The van der Waals surface area contributed by atoms with Crippen LogP contribution in [0.4, 0.5) is 0 Å². The van der Waals surface area contributed by atoms with Gasteiger partial charge in [-0.05, 0) is 31.6 Å². The fourth-order valence-electron chi connectivity index (χ4n) is 2.17. The van der Waals surface area contributed by atoms with Crippen molar-refractivity contribution in [2.45, 2.75) is 39.2 Å². The number of rotatable bonds is 3. The highest BCUT2D eigenvalue weighted by Crippen LogP contribution is 2.27. The molecule has 1 aliphatic heterocycles. The molecule has 0 aromatic heterocycles. The Labute approximate surface area is 74.9 Å². The smallest absolute Gasteiger partial charge is 0.0543 e. The Kier molecular flexibility index (Phi) is 4.02. The van der Waals surface area contributed by atoms with Gasteiger partial charge in [-0.15, -0.1) is 0 Å². The predicted octanol–water partition coefficient (Wildman–Crippen LogP) is 1.82. The van der Waals surface area contributed by atoms with Crippen molar-refractivity contribution in [3.63, 3.8) is 0 Å². The molecular formula is C10H20O2. The Morgan fingerprint density at radius 3 is 2.75 bits per heavy atom. The summed E-state index contributed by atoms with van der Waals surface area (Å²) in [6.45, 7) is 5.80. The summed E-state index contributed by atoms with van der Waals surface area (Å²) in [6.07, 6.45) is 3.27. The largest absolute Gasteiger partial charge is 0.393 e. The molecule has 72 valence electrons. The minimum atomic E-state index is -0.179. The molecule has 12 heavy (non-hydrogen) atoms. The van der Waals surface area contributed by atoms with E-state index in [-0.39, 0.29) is 6.10 Å². The minimum absolute atomic E-state index is 0.179. The molecule has 1 saturated heterocycles. The van der Waals surface area contributed by atoms with Gasteiger partial charge in [-0.2, -0.15) is 0 Å². The minimum Gasteiger partial charge on any atom is -0.393 e. The van der Waals surface area contributed by atoms with Crippen LogP contribution in [0.2, 0.25) is 0 Å². The number of hydrogen-bond acceptors (Lipinski definition) is 2. The van der Waals surface area contributed by atoms with Crippen molar-refractivity contribution in [3.05, 3.63) is 0 Å². The first-order valence-electron chi connectivity index (χ1n) is 5.01. The van der Waals surface area contributed by atoms with Gasteiger partial charge in [-0.3, -0.25) is 0 Å². The summed E-state index contributed by atoms with van der Waals surface area (Å²) in [5.74, 6) is 1.02. The Morgan fingerprint density at radius 1 is 1.58 bits per heavy atom. The van der Waals surface area contributed by atoms with Crippen molar-refractivity contribution in [1.29, 1.82) is 0 Å². The lowest BCUT2D eigenvalue weighted by molar-refractivity contribution is -0.00715. The van der Waals surface area contributed by atoms with Gasteiger partial charge in [0.25, 0.3) is 0 Å². The summed E-state index contributed by atoms with van der Waals surface area (Å²) in [5.41, 5.74) is 0. The second-order valence-corrected chi connectivity index (χ2v) is 3.79. The third-order valence-electron chi connectivity index (χ3n) is 2.89. The Morgan fingerprint density at radius 2 is 2.33 bits per heavy atom. The zero-order valence-electron chi connectivity index (χ0n) is 8.12. The van der Waals surface area contributed by atoms with Crippen molar-refractivity contribution in [3.8, 4) is 0 Å². The maximum absolute atomic E-state index is 9.51. The van der Waals surface area contributed by atoms with E-state index < -0.39 is 0 Å². The molecule has 3 unspecified atom stereocenters. The Bertz CT molecular complexity index is 117. The molecule has 0 aliphatic carbocycles. The van der Waals surface area contributed by atoms with Gasteiger partial charge in [0.15, 0.2) is 0 Å².